The molecule has 0 aliphatic heterocycles. The Labute approximate surface area is 139 Å². The number of benzene rings is 1. The van der Waals surface area contributed by atoms with Crippen molar-refractivity contribution in [2.24, 2.45) is 22.4 Å². The van der Waals surface area contributed by atoms with Crippen LogP contribution in [0.4, 0.5) is 5.69 Å². The van der Waals surface area contributed by atoms with E-state index in [9.17, 15) is 14.9 Å². The number of fused-ring (bicyclic) bond motifs is 1. The zero-order chi connectivity index (χ0) is 16.6. The van der Waals surface area contributed by atoms with Crippen molar-refractivity contribution < 1.29 is 9.72 Å². The first-order valence-electron chi connectivity index (χ1n) is 7.70. The average molecular weight is 336 g/mol. The van der Waals surface area contributed by atoms with Gasteiger partial charge in [0, 0.05) is 17.5 Å². The minimum Gasteiger partial charge on any atom is -0.273 e. The molecule has 3 atom stereocenters. The van der Waals surface area contributed by atoms with Gasteiger partial charge in [0.05, 0.1) is 11.1 Å². The Bertz CT molecular complexity index is 691. The third kappa shape index (κ3) is 2.95. The van der Waals surface area contributed by atoms with Crippen molar-refractivity contribution in [1.29, 1.82) is 0 Å². The molecule has 2 fully saturated rings. The summed E-state index contributed by atoms with van der Waals surface area (Å²) in [6.07, 6.45) is 6.00. The van der Waals surface area contributed by atoms with Gasteiger partial charge < -0.3 is 0 Å². The van der Waals surface area contributed by atoms with Gasteiger partial charge in [-0.25, -0.2) is 5.43 Å². The van der Waals surface area contributed by atoms with E-state index < -0.39 is 4.92 Å². The Morgan fingerprint density at radius 1 is 1.52 bits per heavy atom. The quantitative estimate of drug-likeness (QED) is 0.519. The summed E-state index contributed by atoms with van der Waals surface area (Å²) in [7, 11) is 0. The number of nitro benzene ring substituents is 1. The van der Waals surface area contributed by atoms with E-state index in [2.05, 4.69) is 17.5 Å². The van der Waals surface area contributed by atoms with E-state index in [1.807, 2.05) is 0 Å². The third-order valence-corrected chi connectivity index (χ3v) is 5.49. The van der Waals surface area contributed by atoms with Gasteiger partial charge in [0.1, 0.15) is 5.02 Å². The molecule has 0 saturated heterocycles. The predicted molar refractivity (Wildman–Crippen MR) is 87.4 cm³/mol. The number of hydrogen-bond donors (Lipinski definition) is 1. The number of amides is 1. The molecule has 1 aromatic carbocycles. The van der Waals surface area contributed by atoms with Crippen LogP contribution in [0.15, 0.2) is 23.3 Å². The van der Waals surface area contributed by atoms with Crippen LogP contribution in [0.3, 0.4) is 0 Å². The lowest BCUT2D eigenvalue weighted by atomic mass is 9.90. The third-order valence-electron chi connectivity index (χ3n) is 5.17. The van der Waals surface area contributed by atoms with Crippen LogP contribution in [0.5, 0.6) is 0 Å². The second-order valence-corrected chi connectivity index (χ2v) is 6.95. The highest BCUT2D eigenvalue weighted by Gasteiger charge is 2.64. The molecule has 23 heavy (non-hydrogen) atoms. The average Bonchev–Trinajstić information content (AvgIpc) is 3.14. The van der Waals surface area contributed by atoms with Gasteiger partial charge in [-0.2, -0.15) is 5.10 Å². The van der Waals surface area contributed by atoms with Gasteiger partial charge in [-0.05, 0) is 30.2 Å². The van der Waals surface area contributed by atoms with E-state index in [0.717, 1.165) is 12.8 Å². The molecule has 1 amide bonds. The van der Waals surface area contributed by atoms with Crippen LogP contribution >= 0.6 is 11.6 Å². The molecular weight excluding hydrogens is 318 g/mol. The summed E-state index contributed by atoms with van der Waals surface area (Å²) in [5, 5.41) is 14.8. The molecule has 0 heterocycles. The SMILES string of the molecule is C[C@]12CCCC[C@@H]1[C@@H]2C(=O)N/N=C\c1ccc(Cl)c([N+](=O)[O-])c1. The number of carbonyl (C=O) groups is 1. The number of rotatable bonds is 4. The number of nitrogens with zero attached hydrogens (tertiary/aromatic N) is 2. The summed E-state index contributed by atoms with van der Waals surface area (Å²) in [6.45, 7) is 2.17. The van der Waals surface area contributed by atoms with Crippen LogP contribution in [0.1, 0.15) is 38.2 Å². The number of carbonyl (C=O) groups excluding carboxylic acids is 1. The van der Waals surface area contributed by atoms with E-state index in [-0.39, 0.29) is 28.0 Å². The topological polar surface area (TPSA) is 84.6 Å². The van der Waals surface area contributed by atoms with Crippen LogP contribution in [0.25, 0.3) is 0 Å². The van der Waals surface area contributed by atoms with Gasteiger partial charge >= 0.3 is 0 Å². The molecular formula is C16H18ClN3O3. The predicted octanol–water partition coefficient (Wildman–Crippen LogP) is 3.52. The first-order valence-corrected chi connectivity index (χ1v) is 8.08. The fourth-order valence-electron chi connectivity index (χ4n) is 3.84. The molecule has 2 aliphatic carbocycles. The van der Waals surface area contributed by atoms with Crippen LogP contribution in [-0.4, -0.2) is 17.0 Å². The van der Waals surface area contributed by atoms with Gasteiger partial charge in [0.25, 0.3) is 5.69 Å². The fourth-order valence-corrected chi connectivity index (χ4v) is 4.03. The summed E-state index contributed by atoms with van der Waals surface area (Å²) < 4.78 is 0. The van der Waals surface area contributed by atoms with Gasteiger partial charge in [0.2, 0.25) is 5.91 Å². The zero-order valence-corrected chi connectivity index (χ0v) is 13.5. The van der Waals surface area contributed by atoms with Crippen LogP contribution in [0, 0.1) is 27.4 Å². The van der Waals surface area contributed by atoms with Crippen molar-refractivity contribution in [1.82, 2.24) is 5.43 Å². The minimum absolute atomic E-state index is 0.0432. The maximum absolute atomic E-state index is 12.2. The van der Waals surface area contributed by atoms with E-state index in [0.29, 0.717) is 11.5 Å². The highest BCUT2D eigenvalue weighted by atomic mass is 35.5. The van der Waals surface area contributed by atoms with Crippen molar-refractivity contribution in [3.05, 3.63) is 38.9 Å². The van der Waals surface area contributed by atoms with Crippen molar-refractivity contribution in [3.8, 4) is 0 Å². The van der Waals surface area contributed by atoms with E-state index in [1.165, 1.54) is 31.2 Å². The second kappa shape index (κ2) is 5.92. The molecule has 2 aliphatic rings. The summed E-state index contributed by atoms with van der Waals surface area (Å²) in [5.41, 5.74) is 3.04. The lowest BCUT2D eigenvalue weighted by Crippen LogP contribution is -2.22. The summed E-state index contributed by atoms with van der Waals surface area (Å²) in [6, 6.07) is 4.39. The molecule has 122 valence electrons. The number of nitrogens with one attached hydrogen (secondary N) is 1. The molecule has 7 heteroatoms. The molecule has 0 unspecified atom stereocenters. The molecule has 6 nitrogen and oxygen atoms in total. The van der Waals surface area contributed by atoms with Gasteiger partial charge in [-0.1, -0.05) is 37.4 Å². The molecule has 0 spiro atoms. The Morgan fingerprint density at radius 3 is 2.96 bits per heavy atom. The van der Waals surface area contributed by atoms with Crippen LogP contribution < -0.4 is 5.43 Å². The molecule has 3 rings (SSSR count). The van der Waals surface area contributed by atoms with Crippen LogP contribution in [0.2, 0.25) is 5.02 Å². The largest absolute Gasteiger partial charge is 0.288 e. The van der Waals surface area contributed by atoms with Gasteiger partial charge in [-0.15, -0.1) is 0 Å². The highest BCUT2D eigenvalue weighted by Crippen LogP contribution is 2.66. The smallest absolute Gasteiger partial charge is 0.273 e. The Morgan fingerprint density at radius 2 is 2.30 bits per heavy atom. The molecule has 2 saturated carbocycles. The fraction of sp³-hybridized carbons (Fsp3) is 0.500. The standard InChI is InChI=1S/C16H18ClN3O3/c1-16-7-3-2-4-11(16)14(16)15(21)19-18-9-10-5-6-12(17)13(8-10)20(22)23/h5-6,8-9,11,14H,2-4,7H2,1H3,(H,19,21)/b18-9-/t11-,14-,16+/m1/s1. The maximum Gasteiger partial charge on any atom is 0.288 e. The van der Waals surface area contributed by atoms with Gasteiger partial charge in [0.15, 0.2) is 0 Å². The summed E-state index contributed by atoms with van der Waals surface area (Å²) in [5.74, 6) is 0.462. The number of hydrogen-bond acceptors (Lipinski definition) is 4. The Balaban J connectivity index is 1.62. The molecule has 0 bridgehead atoms. The number of halogens is 1. The Kier molecular flexibility index (Phi) is 4.10. The zero-order valence-electron chi connectivity index (χ0n) is 12.8. The van der Waals surface area contributed by atoms with Crippen molar-refractivity contribution in [3.63, 3.8) is 0 Å². The highest BCUT2D eigenvalue weighted by molar-refractivity contribution is 6.32. The van der Waals surface area contributed by atoms with Gasteiger partial charge in [-0.3, -0.25) is 14.9 Å². The number of hydrazone groups is 1. The van der Waals surface area contributed by atoms with E-state index in [4.69, 9.17) is 11.6 Å². The number of nitro groups is 1. The normalized spacial score (nSPS) is 29.1. The van der Waals surface area contributed by atoms with Crippen molar-refractivity contribution in [2.75, 3.05) is 0 Å². The van der Waals surface area contributed by atoms with Crippen LogP contribution in [-0.2, 0) is 4.79 Å². The lowest BCUT2D eigenvalue weighted by molar-refractivity contribution is -0.384. The Hall–Kier alpha value is -1.95. The second-order valence-electron chi connectivity index (χ2n) is 6.54. The summed E-state index contributed by atoms with van der Waals surface area (Å²) in [4.78, 5) is 22.5. The molecule has 0 radical (unpaired) electrons. The maximum atomic E-state index is 12.2. The molecule has 1 aromatic rings. The molecule has 1 N–H and O–H groups in total. The monoisotopic (exact) mass is 335 g/mol. The molecule has 0 aromatic heterocycles. The van der Waals surface area contributed by atoms with Crippen molar-refractivity contribution >= 4 is 29.4 Å². The summed E-state index contributed by atoms with van der Waals surface area (Å²) >= 11 is 5.75. The lowest BCUT2D eigenvalue weighted by Gasteiger charge is -2.15. The van der Waals surface area contributed by atoms with E-state index >= 15 is 0 Å². The van der Waals surface area contributed by atoms with Crippen molar-refractivity contribution in [2.45, 2.75) is 32.6 Å². The van der Waals surface area contributed by atoms with E-state index in [1.54, 1.807) is 6.07 Å². The first kappa shape index (κ1) is 15.9. The minimum atomic E-state index is -0.548. The first-order chi connectivity index (χ1) is 10.9.